The van der Waals surface area contributed by atoms with Gasteiger partial charge in [-0.25, -0.2) is 9.97 Å². The fraction of sp³-hybridized carbons (Fsp3) is 0.739. The number of rotatable bonds is 4. The van der Waals surface area contributed by atoms with Crippen molar-refractivity contribution < 1.29 is 14.7 Å². The van der Waals surface area contributed by atoms with Gasteiger partial charge in [0.1, 0.15) is 11.4 Å². The normalized spacial score (nSPS) is 23.1. The average molecular weight is 415 g/mol. The largest absolute Gasteiger partial charge is 0.381 e. The van der Waals surface area contributed by atoms with Crippen molar-refractivity contribution in [2.75, 3.05) is 18.0 Å². The lowest BCUT2D eigenvalue weighted by molar-refractivity contribution is -0.149. The maximum atomic E-state index is 12.8. The zero-order chi connectivity index (χ0) is 21.5. The van der Waals surface area contributed by atoms with Crippen molar-refractivity contribution in [2.45, 2.75) is 90.2 Å². The van der Waals surface area contributed by atoms with Crippen LogP contribution in [0.25, 0.3) is 0 Å². The van der Waals surface area contributed by atoms with Gasteiger partial charge in [-0.2, -0.15) is 0 Å². The first-order valence-electron chi connectivity index (χ1n) is 11.5. The minimum absolute atomic E-state index is 0.146. The molecule has 164 valence electrons. The molecule has 2 amide bonds. The number of nitrogens with zero attached hydrogens (tertiary/aromatic N) is 4. The highest BCUT2D eigenvalue weighted by molar-refractivity contribution is 5.95. The lowest BCUT2D eigenvalue weighted by Crippen LogP contribution is -2.45. The molecule has 7 nitrogen and oxygen atoms in total. The van der Waals surface area contributed by atoms with Crippen LogP contribution < -0.4 is 4.90 Å². The molecule has 1 N–H and O–H groups in total. The van der Waals surface area contributed by atoms with E-state index in [4.69, 9.17) is 9.97 Å². The van der Waals surface area contributed by atoms with Crippen LogP contribution >= 0.6 is 0 Å². The Kier molecular flexibility index (Phi) is 5.84. The van der Waals surface area contributed by atoms with Crippen LogP contribution in [-0.2, 0) is 16.0 Å². The molecule has 2 fully saturated rings. The topological polar surface area (TPSA) is 86.6 Å². The van der Waals surface area contributed by atoms with E-state index in [0.29, 0.717) is 31.1 Å². The Morgan fingerprint density at radius 1 is 1.10 bits per heavy atom. The second-order valence-corrected chi connectivity index (χ2v) is 9.69. The van der Waals surface area contributed by atoms with Crippen molar-refractivity contribution in [1.82, 2.24) is 14.9 Å². The number of hydrogen-bond acceptors (Lipinski definition) is 5. The van der Waals surface area contributed by atoms with Crippen molar-refractivity contribution in [3.8, 4) is 0 Å². The molecule has 30 heavy (non-hydrogen) atoms. The van der Waals surface area contributed by atoms with Gasteiger partial charge in [0.05, 0.1) is 6.04 Å². The van der Waals surface area contributed by atoms with Gasteiger partial charge in [0.25, 0.3) is 5.91 Å². The summed E-state index contributed by atoms with van der Waals surface area (Å²) in [6.45, 7) is 6.36. The lowest BCUT2D eigenvalue weighted by atomic mass is 9.88. The highest BCUT2D eigenvalue weighted by Crippen LogP contribution is 2.36. The molecule has 0 radical (unpaired) electrons. The number of amides is 2. The van der Waals surface area contributed by atoms with Gasteiger partial charge in [0.2, 0.25) is 5.91 Å². The third-order valence-electron chi connectivity index (χ3n) is 6.86. The summed E-state index contributed by atoms with van der Waals surface area (Å²) in [5.41, 5.74) is 0.542. The van der Waals surface area contributed by atoms with Crippen LogP contribution in [0.3, 0.4) is 0 Å². The molecule has 1 saturated heterocycles. The van der Waals surface area contributed by atoms with E-state index in [0.717, 1.165) is 36.5 Å². The zero-order valence-corrected chi connectivity index (χ0v) is 18.5. The summed E-state index contributed by atoms with van der Waals surface area (Å²) in [5, 5.41) is 10.2. The maximum absolute atomic E-state index is 12.8. The monoisotopic (exact) mass is 414 g/mol. The molecular weight excluding hydrogens is 380 g/mol. The molecule has 1 aromatic rings. The Bertz CT molecular complexity index is 826. The number of likely N-dealkylation sites (tertiary alicyclic amines) is 1. The Labute approximate surface area is 178 Å². The highest BCUT2D eigenvalue weighted by Gasteiger charge is 2.39. The summed E-state index contributed by atoms with van der Waals surface area (Å²) in [5.74, 6) is 1.74. The van der Waals surface area contributed by atoms with E-state index in [-0.39, 0.29) is 17.9 Å². The minimum atomic E-state index is -1.42. The van der Waals surface area contributed by atoms with Gasteiger partial charge in [0, 0.05) is 30.8 Å². The van der Waals surface area contributed by atoms with E-state index in [9.17, 15) is 14.7 Å². The highest BCUT2D eigenvalue weighted by atomic mass is 16.3. The summed E-state index contributed by atoms with van der Waals surface area (Å²) in [6, 6.07) is -0.249. The van der Waals surface area contributed by atoms with Gasteiger partial charge < -0.3 is 10.0 Å². The molecule has 1 aliphatic carbocycles. The summed E-state index contributed by atoms with van der Waals surface area (Å²) < 4.78 is 0. The number of aliphatic hydroxyl groups is 1. The molecule has 1 aromatic heterocycles. The fourth-order valence-electron chi connectivity index (χ4n) is 5.20. The summed E-state index contributed by atoms with van der Waals surface area (Å²) in [7, 11) is 0. The zero-order valence-electron chi connectivity index (χ0n) is 18.5. The molecule has 4 rings (SSSR count). The summed E-state index contributed by atoms with van der Waals surface area (Å²) in [4.78, 5) is 38.9. The number of carbonyl (C=O) groups excluding carboxylic acids is 2. The van der Waals surface area contributed by atoms with E-state index >= 15 is 0 Å². The van der Waals surface area contributed by atoms with E-state index in [1.165, 1.54) is 46.0 Å². The molecule has 0 spiro atoms. The molecule has 2 aliphatic heterocycles. The minimum Gasteiger partial charge on any atom is -0.381 e. The fourth-order valence-corrected chi connectivity index (χ4v) is 5.20. The van der Waals surface area contributed by atoms with Crippen LogP contribution in [0.4, 0.5) is 5.82 Å². The molecule has 0 unspecified atom stereocenters. The smallest absolute Gasteiger partial charge is 0.254 e. The Hall–Kier alpha value is -2.02. The standard InChI is InChI=1S/C23H34N4O3/c1-15-17-11-12-19(28)27(14-16-8-5-4-6-9-16)21(17)25-20(24-15)18-10-7-13-26(18)22(29)23(2,3)30/h16,18,30H,4-14H2,1-3H3/t18-/m0/s1. The first-order valence-corrected chi connectivity index (χ1v) is 11.5. The first kappa shape index (κ1) is 21.2. The molecule has 1 atom stereocenters. The number of hydrogen-bond donors (Lipinski definition) is 1. The predicted molar refractivity (Wildman–Crippen MR) is 114 cm³/mol. The number of aromatic nitrogens is 2. The predicted octanol–water partition coefficient (Wildman–Crippen LogP) is 3.08. The quantitative estimate of drug-likeness (QED) is 0.818. The Balaban J connectivity index is 1.66. The van der Waals surface area contributed by atoms with Gasteiger partial charge >= 0.3 is 0 Å². The van der Waals surface area contributed by atoms with Crippen molar-refractivity contribution in [1.29, 1.82) is 0 Å². The van der Waals surface area contributed by atoms with Crippen LogP contribution in [0.1, 0.15) is 88.3 Å². The van der Waals surface area contributed by atoms with E-state index in [1.54, 1.807) is 4.90 Å². The summed E-state index contributed by atoms with van der Waals surface area (Å²) >= 11 is 0. The van der Waals surface area contributed by atoms with Crippen LogP contribution in [-0.4, -0.2) is 50.5 Å². The molecule has 0 bridgehead atoms. The SMILES string of the molecule is Cc1nc([C@@H]2CCCN2C(=O)C(C)(C)O)nc2c1CCC(=O)N2CC1CCCCC1. The van der Waals surface area contributed by atoms with Gasteiger partial charge in [0.15, 0.2) is 5.82 Å². The van der Waals surface area contributed by atoms with Crippen LogP contribution in [0.5, 0.6) is 0 Å². The van der Waals surface area contributed by atoms with E-state index < -0.39 is 5.60 Å². The van der Waals surface area contributed by atoms with Crippen molar-refractivity contribution in [3.63, 3.8) is 0 Å². The van der Waals surface area contributed by atoms with Gasteiger partial charge in [-0.15, -0.1) is 0 Å². The third-order valence-corrected chi connectivity index (χ3v) is 6.86. The van der Waals surface area contributed by atoms with Crippen LogP contribution in [0, 0.1) is 12.8 Å². The lowest BCUT2D eigenvalue weighted by Gasteiger charge is -2.34. The second kappa shape index (κ2) is 8.25. The molecule has 3 aliphatic rings. The van der Waals surface area contributed by atoms with Crippen molar-refractivity contribution >= 4 is 17.6 Å². The molecule has 1 saturated carbocycles. The van der Waals surface area contributed by atoms with Crippen molar-refractivity contribution in [3.05, 3.63) is 17.1 Å². The number of fused-ring (bicyclic) bond motifs is 1. The molecule has 3 heterocycles. The average Bonchev–Trinajstić information content (AvgIpc) is 3.19. The van der Waals surface area contributed by atoms with Gasteiger partial charge in [-0.05, 0) is 58.8 Å². The molecular formula is C23H34N4O3. The molecule has 7 heteroatoms. The number of carbonyl (C=O) groups is 2. The Morgan fingerprint density at radius 3 is 2.53 bits per heavy atom. The van der Waals surface area contributed by atoms with Crippen LogP contribution in [0.2, 0.25) is 0 Å². The van der Waals surface area contributed by atoms with E-state index in [1.807, 2.05) is 11.8 Å². The number of aryl methyl sites for hydroxylation is 1. The first-order chi connectivity index (χ1) is 14.3. The summed E-state index contributed by atoms with van der Waals surface area (Å²) in [6.07, 6.45) is 8.94. The Morgan fingerprint density at radius 2 is 1.83 bits per heavy atom. The van der Waals surface area contributed by atoms with Crippen LogP contribution in [0.15, 0.2) is 0 Å². The van der Waals surface area contributed by atoms with Gasteiger partial charge in [-0.1, -0.05) is 19.3 Å². The second-order valence-electron chi connectivity index (χ2n) is 9.69. The maximum Gasteiger partial charge on any atom is 0.254 e. The number of anilines is 1. The van der Waals surface area contributed by atoms with Crippen molar-refractivity contribution in [2.24, 2.45) is 5.92 Å². The molecule has 0 aromatic carbocycles. The van der Waals surface area contributed by atoms with E-state index in [2.05, 4.69) is 0 Å². The third kappa shape index (κ3) is 4.09. The van der Waals surface area contributed by atoms with Gasteiger partial charge in [-0.3, -0.25) is 14.5 Å².